The monoisotopic (exact) mass is 352 g/mol. The van der Waals surface area contributed by atoms with E-state index < -0.39 is 5.82 Å². The highest BCUT2D eigenvalue weighted by molar-refractivity contribution is 5.86. The molecule has 1 aliphatic carbocycles. The summed E-state index contributed by atoms with van der Waals surface area (Å²) in [5.74, 6) is 1.00. The zero-order valence-corrected chi connectivity index (χ0v) is 14.6. The van der Waals surface area contributed by atoms with Crippen LogP contribution in [0.5, 0.6) is 0 Å². The molecule has 1 aromatic carbocycles. The van der Waals surface area contributed by atoms with E-state index in [0.29, 0.717) is 30.5 Å². The molecule has 1 saturated heterocycles. The lowest BCUT2D eigenvalue weighted by atomic mass is 10.0. The Morgan fingerprint density at radius 3 is 3.00 bits per heavy atom. The fraction of sp³-hybridized carbons (Fsp3) is 0.421. The number of nitrogens with zero attached hydrogens (tertiary/aromatic N) is 4. The molecule has 3 atom stereocenters. The third-order valence-electron chi connectivity index (χ3n) is 5.80. The first-order chi connectivity index (χ1) is 12.7. The average Bonchev–Trinajstić information content (AvgIpc) is 3.37. The van der Waals surface area contributed by atoms with Crippen molar-refractivity contribution in [3.8, 4) is 0 Å². The summed E-state index contributed by atoms with van der Waals surface area (Å²) < 4.78 is 14.3. The second-order valence-corrected chi connectivity index (χ2v) is 7.31. The van der Waals surface area contributed by atoms with Crippen LogP contribution in [0.3, 0.4) is 0 Å². The van der Waals surface area contributed by atoms with E-state index in [1.807, 2.05) is 31.5 Å². The van der Waals surface area contributed by atoms with Crippen molar-refractivity contribution in [3.05, 3.63) is 41.3 Å². The van der Waals surface area contributed by atoms with Gasteiger partial charge in [0.05, 0.1) is 12.7 Å². The number of hydrogen-bond acceptors (Lipinski definition) is 6. The van der Waals surface area contributed by atoms with E-state index >= 15 is 0 Å². The summed E-state index contributed by atoms with van der Waals surface area (Å²) in [4.78, 5) is 15.2. The van der Waals surface area contributed by atoms with E-state index in [0.717, 1.165) is 30.6 Å². The van der Waals surface area contributed by atoms with Gasteiger partial charge < -0.3 is 15.5 Å². The minimum Gasteiger partial charge on any atom is -0.338 e. The standard InChI is InChI=1S/C19H21FN6/c1-21-17-6-15-5-13(17)10-26(15)19-23-9-16(20)18(25-19)24-14-3-2-11-7-22-8-12(11)4-14/h2-4,8-9,13,15,17,21H,5-7,10H2,1H3,(H,23,24,25). The zero-order valence-electron chi connectivity index (χ0n) is 14.6. The van der Waals surface area contributed by atoms with Crippen molar-refractivity contribution >= 4 is 23.7 Å². The highest BCUT2D eigenvalue weighted by atomic mass is 19.1. The largest absolute Gasteiger partial charge is 0.338 e. The van der Waals surface area contributed by atoms with E-state index in [-0.39, 0.29) is 5.82 Å². The van der Waals surface area contributed by atoms with Crippen LogP contribution in [0.2, 0.25) is 0 Å². The molecule has 0 spiro atoms. The number of nitrogens with one attached hydrogen (secondary N) is 2. The molecule has 3 unspecified atom stereocenters. The summed E-state index contributed by atoms with van der Waals surface area (Å²) in [5.41, 5.74) is 3.06. The van der Waals surface area contributed by atoms with Crippen molar-refractivity contribution in [1.29, 1.82) is 0 Å². The van der Waals surface area contributed by atoms with Gasteiger partial charge in [0.1, 0.15) is 0 Å². The smallest absolute Gasteiger partial charge is 0.227 e. The Bertz CT molecular complexity index is 882. The molecule has 3 heterocycles. The van der Waals surface area contributed by atoms with Crippen LogP contribution in [0.15, 0.2) is 29.4 Å². The molecule has 2 aliphatic heterocycles. The highest BCUT2D eigenvalue weighted by Crippen LogP contribution is 2.39. The molecule has 2 fully saturated rings. The lowest BCUT2D eigenvalue weighted by Gasteiger charge is -2.31. The lowest BCUT2D eigenvalue weighted by molar-refractivity contribution is 0.411. The fourth-order valence-corrected chi connectivity index (χ4v) is 4.45. The van der Waals surface area contributed by atoms with Crippen LogP contribution in [-0.4, -0.2) is 41.9 Å². The summed E-state index contributed by atoms with van der Waals surface area (Å²) in [6, 6.07) is 6.93. The molecule has 5 rings (SSSR count). The van der Waals surface area contributed by atoms with Crippen molar-refractivity contribution in [2.24, 2.45) is 10.9 Å². The van der Waals surface area contributed by atoms with Gasteiger partial charge in [-0.15, -0.1) is 0 Å². The Labute approximate surface area is 151 Å². The quantitative estimate of drug-likeness (QED) is 0.885. The molecular weight excluding hydrogens is 331 g/mol. The second kappa shape index (κ2) is 6.02. The van der Waals surface area contributed by atoms with Gasteiger partial charge in [0.2, 0.25) is 5.95 Å². The number of piperidine rings is 1. The normalized spacial score (nSPS) is 25.8. The highest BCUT2D eigenvalue weighted by Gasteiger charge is 2.45. The first-order valence-electron chi connectivity index (χ1n) is 9.07. The van der Waals surface area contributed by atoms with Gasteiger partial charge in [-0.25, -0.2) is 9.37 Å². The molecule has 0 radical (unpaired) electrons. The number of hydrogen-bond donors (Lipinski definition) is 2. The Morgan fingerprint density at radius 1 is 1.27 bits per heavy atom. The maximum atomic E-state index is 14.3. The molecular formula is C19H21FN6. The van der Waals surface area contributed by atoms with E-state index in [4.69, 9.17) is 0 Å². The topological polar surface area (TPSA) is 65.4 Å². The molecule has 2 N–H and O–H groups in total. The van der Waals surface area contributed by atoms with Crippen molar-refractivity contribution < 1.29 is 4.39 Å². The van der Waals surface area contributed by atoms with Gasteiger partial charge in [-0.05, 0) is 49.1 Å². The van der Waals surface area contributed by atoms with Crippen LogP contribution in [0, 0.1) is 11.7 Å². The third kappa shape index (κ3) is 2.54. The number of halogens is 1. The van der Waals surface area contributed by atoms with Gasteiger partial charge >= 0.3 is 0 Å². The van der Waals surface area contributed by atoms with E-state index in [2.05, 4.69) is 30.5 Å². The molecule has 26 heavy (non-hydrogen) atoms. The molecule has 1 aromatic heterocycles. The Morgan fingerprint density at radius 2 is 2.19 bits per heavy atom. The van der Waals surface area contributed by atoms with Crippen molar-refractivity contribution in [2.75, 3.05) is 23.8 Å². The van der Waals surface area contributed by atoms with Crippen LogP contribution < -0.4 is 15.5 Å². The fourth-order valence-electron chi connectivity index (χ4n) is 4.45. The van der Waals surface area contributed by atoms with Gasteiger partial charge in [0, 0.05) is 30.5 Å². The summed E-state index contributed by atoms with van der Waals surface area (Å²) in [7, 11) is 2.02. The van der Waals surface area contributed by atoms with E-state index in [1.54, 1.807) is 0 Å². The van der Waals surface area contributed by atoms with Crippen LogP contribution in [-0.2, 0) is 6.54 Å². The van der Waals surface area contributed by atoms with Crippen molar-refractivity contribution in [2.45, 2.75) is 31.5 Å². The van der Waals surface area contributed by atoms with Crippen molar-refractivity contribution in [1.82, 2.24) is 15.3 Å². The maximum absolute atomic E-state index is 14.3. The molecule has 134 valence electrons. The SMILES string of the molecule is CNC1CC2CC1CN2c1ncc(F)c(Nc2ccc3c(c2)C=NC3)n1. The van der Waals surface area contributed by atoms with Crippen LogP contribution in [0.25, 0.3) is 0 Å². The van der Waals surface area contributed by atoms with E-state index in [1.165, 1.54) is 11.8 Å². The third-order valence-corrected chi connectivity index (χ3v) is 5.80. The predicted molar refractivity (Wildman–Crippen MR) is 99.7 cm³/mol. The van der Waals surface area contributed by atoms with Crippen LogP contribution in [0.1, 0.15) is 24.0 Å². The summed E-state index contributed by atoms with van der Waals surface area (Å²) >= 11 is 0. The van der Waals surface area contributed by atoms with Crippen LogP contribution >= 0.6 is 0 Å². The predicted octanol–water partition coefficient (Wildman–Crippen LogP) is 2.48. The molecule has 2 bridgehead atoms. The minimum absolute atomic E-state index is 0.220. The number of benzene rings is 1. The minimum atomic E-state index is -0.444. The van der Waals surface area contributed by atoms with Crippen LogP contribution in [0.4, 0.5) is 21.8 Å². The summed E-state index contributed by atoms with van der Waals surface area (Å²) in [5, 5.41) is 6.49. The number of rotatable bonds is 4. The second-order valence-electron chi connectivity index (χ2n) is 7.31. The van der Waals surface area contributed by atoms with Gasteiger partial charge in [0.25, 0.3) is 0 Å². The number of aromatic nitrogens is 2. The molecule has 7 heteroatoms. The molecule has 3 aliphatic rings. The van der Waals surface area contributed by atoms with Gasteiger partial charge in [-0.3, -0.25) is 4.99 Å². The number of anilines is 3. The lowest BCUT2D eigenvalue weighted by Crippen LogP contribution is -2.43. The summed E-state index contributed by atoms with van der Waals surface area (Å²) in [6.45, 7) is 1.64. The number of fused-ring (bicyclic) bond motifs is 3. The Hall–Kier alpha value is -2.54. The maximum Gasteiger partial charge on any atom is 0.227 e. The van der Waals surface area contributed by atoms with Gasteiger partial charge in [-0.2, -0.15) is 4.98 Å². The van der Waals surface area contributed by atoms with E-state index in [9.17, 15) is 4.39 Å². The molecule has 0 amide bonds. The molecule has 6 nitrogen and oxygen atoms in total. The van der Waals surface area contributed by atoms with Crippen molar-refractivity contribution in [3.63, 3.8) is 0 Å². The molecule has 1 saturated carbocycles. The average molecular weight is 352 g/mol. The summed E-state index contributed by atoms with van der Waals surface area (Å²) in [6.07, 6.45) is 5.36. The van der Waals surface area contributed by atoms with Gasteiger partial charge in [0.15, 0.2) is 11.6 Å². The Balaban J connectivity index is 1.39. The molecule has 2 aromatic rings. The first-order valence-corrected chi connectivity index (χ1v) is 9.07. The Kier molecular flexibility index (Phi) is 3.63. The number of aliphatic imine (C=N–C) groups is 1. The van der Waals surface area contributed by atoms with Gasteiger partial charge in [-0.1, -0.05) is 6.07 Å². The zero-order chi connectivity index (χ0) is 17.7. The first kappa shape index (κ1) is 15.7.